The number of fused-ring (bicyclic) bond motifs is 1. The van der Waals surface area contributed by atoms with E-state index in [9.17, 15) is 9.90 Å². The van der Waals surface area contributed by atoms with Gasteiger partial charge in [0.1, 0.15) is 0 Å². The molecule has 0 saturated carbocycles. The van der Waals surface area contributed by atoms with Crippen LogP contribution in [0.5, 0.6) is 0 Å². The van der Waals surface area contributed by atoms with E-state index in [-0.39, 0.29) is 18.1 Å². The first-order valence-corrected chi connectivity index (χ1v) is 8.75. The van der Waals surface area contributed by atoms with E-state index in [0.717, 1.165) is 34.5 Å². The van der Waals surface area contributed by atoms with Gasteiger partial charge in [-0.1, -0.05) is 31.2 Å². The van der Waals surface area contributed by atoms with Crippen molar-refractivity contribution in [2.45, 2.75) is 51.8 Å². The Labute approximate surface area is 148 Å². The average molecular weight is 342 g/mol. The second-order valence-corrected chi connectivity index (χ2v) is 6.73. The number of carbonyl (C=O) groups excluding carboxylic acids is 1. The van der Waals surface area contributed by atoms with E-state index in [2.05, 4.69) is 15.7 Å². The third-order valence-corrected chi connectivity index (χ3v) is 5.12. The van der Waals surface area contributed by atoms with Crippen LogP contribution in [-0.4, -0.2) is 27.0 Å². The predicted molar refractivity (Wildman–Crippen MR) is 96.3 cm³/mol. The summed E-state index contributed by atoms with van der Waals surface area (Å²) in [5, 5.41) is 20.7. The van der Waals surface area contributed by atoms with Gasteiger partial charge >= 0.3 is 6.03 Å². The van der Waals surface area contributed by atoms with Gasteiger partial charge in [0.25, 0.3) is 0 Å². The smallest absolute Gasteiger partial charge is 0.315 e. The lowest BCUT2D eigenvalue weighted by Gasteiger charge is -2.22. The summed E-state index contributed by atoms with van der Waals surface area (Å²) < 4.78 is 1.84. The summed E-state index contributed by atoms with van der Waals surface area (Å²) in [5.41, 5.74) is 5.13. The number of hydrogen-bond acceptors (Lipinski definition) is 3. The van der Waals surface area contributed by atoms with Gasteiger partial charge in [-0.25, -0.2) is 4.79 Å². The minimum Gasteiger partial charge on any atom is -0.390 e. The topological polar surface area (TPSA) is 79.2 Å². The Hall–Kier alpha value is -2.34. The van der Waals surface area contributed by atoms with Crippen molar-refractivity contribution in [3.05, 3.63) is 52.3 Å². The highest BCUT2D eigenvalue weighted by Crippen LogP contribution is 2.31. The third kappa shape index (κ3) is 3.26. The van der Waals surface area contributed by atoms with Crippen molar-refractivity contribution in [1.29, 1.82) is 0 Å². The molecule has 6 nitrogen and oxygen atoms in total. The van der Waals surface area contributed by atoms with Crippen molar-refractivity contribution in [2.75, 3.05) is 0 Å². The lowest BCUT2D eigenvalue weighted by molar-refractivity contribution is 0.141. The zero-order valence-electron chi connectivity index (χ0n) is 15.2. The molecule has 1 aliphatic rings. The van der Waals surface area contributed by atoms with Crippen LogP contribution in [0, 0.1) is 13.8 Å². The van der Waals surface area contributed by atoms with E-state index in [0.29, 0.717) is 6.42 Å². The molecule has 2 amide bonds. The van der Waals surface area contributed by atoms with Crippen LogP contribution in [0.15, 0.2) is 24.3 Å². The molecule has 1 aromatic carbocycles. The number of hydrogen-bond donors (Lipinski definition) is 3. The van der Waals surface area contributed by atoms with E-state index in [4.69, 9.17) is 0 Å². The maximum Gasteiger partial charge on any atom is 0.315 e. The van der Waals surface area contributed by atoms with Crippen molar-refractivity contribution in [3.63, 3.8) is 0 Å². The molecular weight excluding hydrogens is 316 g/mol. The highest BCUT2D eigenvalue weighted by atomic mass is 16.3. The number of carbonyl (C=O) groups is 1. The van der Waals surface area contributed by atoms with Gasteiger partial charge in [0.2, 0.25) is 0 Å². The molecule has 3 rings (SSSR count). The number of rotatable bonds is 4. The monoisotopic (exact) mass is 342 g/mol. The molecule has 0 spiro atoms. The second kappa shape index (κ2) is 6.88. The summed E-state index contributed by atoms with van der Waals surface area (Å²) in [4.78, 5) is 12.6. The molecule has 0 fully saturated rings. The lowest BCUT2D eigenvalue weighted by atomic mass is 10.0. The molecular formula is C19H26N4O2. The molecule has 3 unspecified atom stereocenters. The Balaban J connectivity index is 1.73. The molecule has 0 bridgehead atoms. The van der Waals surface area contributed by atoms with E-state index < -0.39 is 6.10 Å². The standard InChI is InChI=1S/C19H26N4O2/c1-5-15(17-11(2)22-23(4)12(17)3)20-19(25)21-18-14-9-7-6-8-13(14)10-16(18)24/h6-9,15-16,18,24H,5,10H2,1-4H3,(H2,20,21,25). The Bertz CT molecular complexity index is 784. The van der Waals surface area contributed by atoms with Crippen LogP contribution in [0.3, 0.4) is 0 Å². The number of aliphatic hydroxyl groups is 1. The molecule has 1 aliphatic carbocycles. The minimum atomic E-state index is -0.593. The second-order valence-electron chi connectivity index (χ2n) is 6.73. The largest absolute Gasteiger partial charge is 0.390 e. The summed E-state index contributed by atoms with van der Waals surface area (Å²) in [7, 11) is 1.91. The summed E-state index contributed by atoms with van der Waals surface area (Å²) >= 11 is 0. The number of nitrogens with zero attached hydrogens (tertiary/aromatic N) is 2. The summed E-state index contributed by atoms with van der Waals surface area (Å²) in [6.07, 6.45) is 0.745. The molecule has 2 aromatic rings. The first-order chi connectivity index (χ1) is 11.9. The van der Waals surface area contributed by atoms with E-state index in [1.54, 1.807) is 0 Å². The van der Waals surface area contributed by atoms with Crippen molar-refractivity contribution >= 4 is 6.03 Å². The van der Waals surface area contributed by atoms with Gasteiger partial charge < -0.3 is 15.7 Å². The fraction of sp³-hybridized carbons (Fsp3) is 0.474. The first-order valence-electron chi connectivity index (χ1n) is 8.75. The SMILES string of the molecule is CCC(NC(=O)NC1c2ccccc2CC1O)c1c(C)nn(C)c1C. The number of aromatic nitrogens is 2. The summed E-state index contributed by atoms with van der Waals surface area (Å²) in [6, 6.07) is 7.09. The van der Waals surface area contributed by atoms with Crippen molar-refractivity contribution < 1.29 is 9.90 Å². The van der Waals surface area contributed by atoms with Crippen molar-refractivity contribution in [2.24, 2.45) is 7.05 Å². The quantitative estimate of drug-likeness (QED) is 0.798. The van der Waals surface area contributed by atoms with E-state index in [1.165, 1.54) is 0 Å². The van der Waals surface area contributed by atoms with Gasteiger partial charge in [0.15, 0.2) is 0 Å². The molecule has 25 heavy (non-hydrogen) atoms. The number of nitrogens with one attached hydrogen (secondary N) is 2. The zero-order valence-corrected chi connectivity index (χ0v) is 15.2. The summed E-state index contributed by atoms with van der Waals surface area (Å²) in [5.74, 6) is 0. The van der Waals surface area contributed by atoms with Gasteiger partial charge in [0, 0.05) is 24.7 Å². The van der Waals surface area contributed by atoms with Gasteiger partial charge in [-0.05, 0) is 31.4 Å². The highest BCUT2D eigenvalue weighted by Gasteiger charge is 2.32. The van der Waals surface area contributed by atoms with Gasteiger partial charge in [-0.3, -0.25) is 4.68 Å². The molecule has 134 valence electrons. The average Bonchev–Trinajstić information content (AvgIpc) is 3.02. The van der Waals surface area contributed by atoms with Crippen molar-refractivity contribution in [1.82, 2.24) is 20.4 Å². The Morgan fingerprint density at radius 2 is 2.12 bits per heavy atom. The zero-order chi connectivity index (χ0) is 18.1. The number of benzene rings is 1. The van der Waals surface area contributed by atoms with E-state index in [1.807, 2.05) is 56.8 Å². The van der Waals surface area contributed by atoms with Crippen LogP contribution in [0.4, 0.5) is 4.79 Å². The van der Waals surface area contributed by atoms with Crippen LogP contribution in [0.2, 0.25) is 0 Å². The first kappa shape index (κ1) is 17.5. The molecule has 0 radical (unpaired) electrons. The van der Waals surface area contributed by atoms with Crippen LogP contribution in [0.1, 0.15) is 53.5 Å². The normalized spacial score (nSPS) is 20.2. The summed E-state index contributed by atoms with van der Waals surface area (Å²) in [6.45, 7) is 6.01. The highest BCUT2D eigenvalue weighted by molar-refractivity contribution is 5.75. The molecule has 3 atom stereocenters. The Morgan fingerprint density at radius 1 is 1.40 bits per heavy atom. The van der Waals surface area contributed by atoms with Crippen LogP contribution >= 0.6 is 0 Å². The van der Waals surface area contributed by atoms with E-state index >= 15 is 0 Å². The maximum absolute atomic E-state index is 12.6. The van der Waals surface area contributed by atoms with Gasteiger partial charge in [0.05, 0.1) is 23.9 Å². The fourth-order valence-electron chi connectivity index (χ4n) is 3.76. The van der Waals surface area contributed by atoms with Gasteiger partial charge in [-0.15, -0.1) is 0 Å². The van der Waals surface area contributed by atoms with Gasteiger partial charge in [-0.2, -0.15) is 5.10 Å². The van der Waals surface area contributed by atoms with Crippen LogP contribution in [-0.2, 0) is 13.5 Å². The number of urea groups is 1. The molecule has 0 aliphatic heterocycles. The van der Waals surface area contributed by atoms with Crippen LogP contribution < -0.4 is 10.6 Å². The Morgan fingerprint density at radius 3 is 2.76 bits per heavy atom. The minimum absolute atomic E-state index is 0.109. The Kier molecular flexibility index (Phi) is 4.81. The third-order valence-electron chi connectivity index (χ3n) is 5.12. The molecule has 6 heteroatoms. The lowest BCUT2D eigenvalue weighted by Crippen LogP contribution is -2.42. The predicted octanol–water partition coefficient (Wildman–Crippen LogP) is 2.45. The van der Waals surface area contributed by atoms with Crippen LogP contribution in [0.25, 0.3) is 0 Å². The van der Waals surface area contributed by atoms with Crippen molar-refractivity contribution in [3.8, 4) is 0 Å². The molecule has 0 saturated heterocycles. The number of aryl methyl sites for hydroxylation is 2. The number of aliphatic hydroxyl groups excluding tert-OH is 1. The molecule has 3 N–H and O–H groups in total. The maximum atomic E-state index is 12.6. The fourth-order valence-corrected chi connectivity index (χ4v) is 3.76. The molecule has 1 heterocycles. The molecule has 1 aromatic heterocycles. The number of amides is 2.